The van der Waals surface area contributed by atoms with Crippen LogP contribution < -0.4 is 11.1 Å². The molecule has 0 amide bonds. The van der Waals surface area contributed by atoms with E-state index in [-0.39, 0.29) is 12.1 Å². The van der Waals surface area contributed by atoms with Crippen molar-refractivity contribution in [2.24, 2.45) is 5.73 Å². The zero-order chi connectivity index (χ0) is 13.4. The van der Waals surface area contributed by atoms with Crippen LogP contribution in [-0.4, -0.2) is 12.6 Å². The van der Waals surface area contributed by atoms with Crippen molar-refractivity contribution in [2.75, 3.05) is 6.54 Å². The maximum atomic E-state index is 5.90. The summed E-state index contributed by atoms with van der Waals surface area (Å²) in [6.45, 7) is 4.87. The highest BCUT2D eigenvalue weighted by atomic mass is 15.0. The molecule has 18 heavy (non-hydrogen) atoms. The molecule has 0 aliphatic heterocycles. The number of nitrogens with two attached hydrogens (primary N) is 1. The van der Waals surface area contributed by atoms with Gasteiger partial charge in [0.2, 0.25) is 0 Å². The smallest absolute Gasteiger partial charge is 0.0692 e. The molecule has 0 fully saturated rings. The third kappa shape index (κ3) is 3.87. The molecule has 0 saturated carbocycles. The minimum Gasteiger partial charge on any atom is -0.329 e. The average molecular weight is 244 g/mol. The summed E-state index contributed by atoms with van der Waals surface area (Å²) in [5, 5.41) is 3.48. The molecule has 2 heteroatoms. The predicted molar refractivity (Wildman–Crippen MR) is 78.3 cm³/mol. The monoisotopic (exact) mass is 244 g/mol. The Hall–Kier alpha value is -1.30. The van der Waals surface area contributed by atoms with E-state index in [2.05, 4.69) is 49.4 Å². The van der Waals surface area contributed by atoms with Gasteiger partial charge in [0.25, 0.3) is 0 Å². The standard InChI is InChI=1S/C16H24N2/c1-4-9-14(6-3)18-16(12-17)15-11-8-7-10-13(15)5-2/h3,7-8,10-11,14,16,18H,4-5,9,12,17H2,1-2H3. The highest BCUT2D eigenvalue weighted by molar-refractivity contribution is 5.30. The number of hydrogen-bond donors (Lipinski definition) is 2. The average Bonchev–Trinajstić information content (AvgIpc) is 2.43. The zero-order valence-corrected chi connectivity index (χ0v) is 11.4. The second kappa shape index (κ2) is 7.92. The van der Waals surface area contributed by atoms with Gasteiger partial charge in [0.05, 0.1) is 6.04 Å². The molecule has 0 heterocycles. The van der Waals surface area contributed by atoms with Crippen molar-refractivity contribution in [3.8, 4) is 12.3 Å². The highest BCUT2D eigenvalue weighted by Gasteiger charge is 2.15. The van der Waals surface area contributed by atoms with Crippen LogP contribution in [0.25, 0.3) is 0 Å². The second-order valence-electron chi connectivity index (χ2n) is 4.52. The molecule has 0 aromatic heterocycles. The van der Waals surface area contributed by atoms with Gasteiger partial charge >= 0.3 is 0 Å². The molecule has 0 saturated heterocycles. The molecule has 0 bridgehead atoms. The molecular weight excluding hydrogens is 220 g/mol. The number of terminal acetylenes is 1. The molecule has 0 spiro atoms. The molecule has 1 aromatic carbocycles. The molecule has 2 unspecified atom stereocenters. The van der Waals surface area contributed by atoms with Crippen LogP contribution in [0, 0.1) is 12.3 Å². The Balaban J connectivity index is 2.85. The molecule has 0 aliphatic rings. The largest absolute Gasteiger partial charge is 0.329 e. The molecule has 0 radical (unpaired) electrons. The molecule has 2 nitrogen and oxygen atoms in total. The van der Waals surface area contributed by atoms with Crippen molar-refractivity contribution in [3.05, 3.63) is 35.4 Å². The number of nitrogens with one attached hydrogen (secondary N) is 1. The Morgan fingerprint density at radius 2 is 2.06 bits per heavy atom. The van der Waals surface area contributed by atoms with Crippen molar-refractivity contribution in [2.45, 2.75) is 45.2 Å². The van der Waals surface area contributed by atoms with Gasteiger partial charge in [-0.3, -0.25) is 5.32 Å². The fourth-order valence-electron chi connectivity index (χ4n) is 2.23. The third-order valence-corrected chi connectivity index (χ3v) is 3.23. The van der Waals surface area contributed by atoms with Crippen LogP contribution in [0.1, 0.15) is 43.9 Å². The number of aryl methyl sites for hydroxylation is 1. The maximum Gasteiger partial charge on any atom is 0.0692 e. The Morgan fingerprint density at radius 1 is 1.33 bits per heavy atom. The van der Waals surface area contributed by atoms with Crippen LogP contribution in [0.2, 0.25) is 0 Å². The summed E-state index contributed by atoms with van der Waals surface area (Å²) >= 11 is 0. The first-order valence-corrected chi connectivity index (χ1v) is 6.76. The fourth-order valence-corrected chi connectivity index (χ4v) is 2.23. The van der Waals surface area contributed by atoms with Crippen LogP contribution in [-0.2, 0) is 6.42 Å². The SMILES string of the molecule is C#CC(CCC)NC(CN)c1ccccc1CC. The van der Waals surface area contributed by atoms with Gasteiger partial charge in [0, 0.05) is 12.6 Å². The Bertz CT molecular complexity index is 392. The minimum absolute atomic E-state index is 0.105. The van der Waals surface area contributed by atoms with Gasteiger partial charge in [0.1, 0.15) is 0 Å². The molecule has 1 rings (SSSR count). The van der Waals surface area contributed by atoms with E-state index in [1.165, 1.54) is 11.1 Å². The van der Waals surface area contributed by atoms with Crippen molar-refractivity contribution in [1.82, 2.24) is 5.32 Å². The van der Waals surface area contributed by atoms with E-state index >= 15 is 0 Å². The van der Waals surface area contributed by atoms with Crippen LogP contribution in [0.5, 0.6) is 0 Å². The van der Waals surface area contributed by atoms with Crippen LogP contribution in [0.3, 0.4) is 0 Å². The lowest BCUT2D eigenvalue weighted by Gasteiger charge is -2.23. The van der Waals surface area contributed by atoms with Gasteiger partial charge in [-0.05, 0) is 24.0 Å². The molecule has 1 aromatic rings. The first-order chi connectivity index (χ1) is 8.76. The van der Waals surface area contributed by atoms with E-state index in [1.54, 1.807) is 0 Å². The highest BCUT2D eigenvalue weighted by Crippen LogP contribution is 2.19. The van der Waals surface area contributed by atoms with Gasteiger partial charge in [-0.25, -0.2) is 0 Å². The lowest BCUT2D eigenvalue weighted by Crippen LogP contribution is -2.36. The van der Waals surface area contributed by atoms with Crippen molar-refractivity contribution in [3.63, 3.8) is 0 Å². The Morgan fingerprint density at radius 3 is 2.61 bits per heavy atom. The lowest BCUT2D eigenvalue weighted by atomic mass is 9.97. The van der Waals surface area contributed by atoms with Crippen molar-refractivity contribution >= 4 is 0 Å². The molecule has 98 valence electrons. The van der Waals surface area contributed by atoms with Gasteiger partial charge < -0.3 is 5.73 Å². The number of benzene rings is 1. The Kier molecular flexibility index (Phi) is 6.49. The first kappa shape index (κ1) is 14.8. The van der Waals surface area contributed by atoms with E-state index in [9.17, 15) is 0 Å². The summed E-state index contributed by atoms with van der Waals surface area (Å²) in [4.78, 5) is 0. The summed E-state index contributed by atoms with van der Waals surface area (Å²) in [6.07, 6.45) is 8.64. The molecule has 0 aliphatic carbocycles. The normalized spacial score (nSPS) is 13.9. The van der Waals surface area contributed by atoms with Gasteiger partial charge in [-0.1, -0.05) is 50.5 Å². The van der Waals surface area contributed by atoms with Gasteiger partial charge in [-0.2, -0.15) is 0 Å². The third-order valence-electron chi connectivity index (χ3n) is 3.23. The minimum atomic E-state index is 0.105. The van der Waals surface area contributed by atoms with Crippen molar-refractivity contribution < 1.29 is 0 Å². The van der Waals surface area contributed by atoms with Crippen molar-refractivity contribution in [1.29, 1.82) is 0 Å². The summed E-state index contributed by atoms with van der Waals surface area (Å²) in [6, 6.07) is 8.68. The first-order valence-electron chi connectivity index (χ1n) is 6.76. The zero-order valence-electron chi connectivity index (χ0n) is 11.4. The topological polar surface area (TPSA) is 38.0 Å². The molecule has 3 N–H and O–H groups in total. The quantitative estimate of drug-likeness (QED) is 0.724. The van der Waals surface area contributed by atoms with Crippen LogP contribution >= 0.6 is 0 Å². The second-order valence-corrected chi connectivity index (χ2v) is 4.52. The lowest BCUT2D eigenvalue weighted by molar-refractivity contribution is 0.473. The molecule has 2 atom stereocenters. The van der Waals surface area contributed by atoms with Crippen LogP contribution in [0.4, 0.5) is 0 Å². The Labute approximate surface area is 111 Å². The van der Waals surface area contributed by atoms with Crippen LogP contribution in [0.15, 0.2) is 24.3 Å². The summed E-state index contributed by atoms with van der Waals surface area (Å²) < 4.78 is 0. The summed E-state index contributed by atoms with van der Waals surface area (Å²) in [5.74, 6) is 2.81. The summed E-state index contributed by atoms with van der Waals surface area (Å²) in [5.41, 5.74) is 8.51. The summed E-state index contributed by atoms with van der Waals surface area (Å²) in [7, 11) is 0. The predicted octanol–water partition coefficient (Wildman–Crippen LogP) is 2.64. The van der Waals surface area contributed by atoms with Gasteiger partial charge in [-0.15, -0.1) is 6.42 Å². The number of hydrogen-bond acceptors (Lipinski definition) is 2. The van der Waals surface area contributed by atoms with E-state index < -0.39 is 0 Å². The maximum absolute atomic E-state index is 5.90. The van der Waals surface area contributed by atoms with E-state index in [0.717, 1.165) is 19.3 Å². The molecular formula is C16H24N2. The number of rotatable bonds is 7. The van der Waals surface area contributed by atoms with E-state index in [1.807, 2.05) is 0 Å². The fraction of sp³-hybridized carbons (Fsp3) is 0.500. The van der Waals surface area contributed by atoms with E-state index in [4.69, 9.17) is 12.2 Å². The van der Waals surface area contributed by atoms with E-state index in [0.29, 0.717) is 6.54 Å². The van der Waals surface area contributed by atoms with Gasteiger partial charge in [0.15, 0.2) is 0 Å².